The molecule has 30 heavy (non-hydrogen) atoms. The summed E-state index contributed by atoms with van der Waals surface area (Å²) in [5, 5.41) is 8.45. The number of aryl methyl sites for hydroxylation is 1. The molecule has 1 unspecified atom stereocenters. The zero-order valence-electron chi connectivity index (χ0n) is 17.5. The van der Waals surface area contributed by atoms with Crippen molar-refractivity contribution in [1.82, 2.24) is 20.0 Å². The molecule has 0 saturated carbocycles. The Morgan fingerprint density at radius 1 is 1.40 bits per heavy atom. The lowest BCUT2D eigenvalue weighted by atomic mass is 10.0. The highest BCUT2D eigenvalue weighted by Gasteiger charge is 2.29. The second-order valence-corrected chi connectivity index (χ2v) is 8.44. The van der Waals surface area contributed by atoms with E-state index < -0.39 is 0 Å². The fourth-order valence-corrected chi connectivity index (χ4v) is 5.01. The summed E-state index contributed by atoms with van der Waals surface area (Å²) < 4.78 is 14.3. The predicted molar refractivity (Wildman–Crippen MR) is 118 cm³/mol. The molecule has 7 nitrogen and oxygen atoms in total. The predicted octanol–water partition coefficient (Wildman–Crippen LogP) is 3.07. The van der Waals surface area contributed by atoms with E-state index in [-0.39, 0.29) is 12.0 Å². The summed E-state index contributed by atoms with van der Waals surface area (Å²) in [5.74, 6) is -0.0619. The molecule has 3 heterocycles. The van der Waals surface area contributed by atoms with E-state index >= 15 is 0 Å². The van der Waals surface area contributed by atoms with Gasteiger partial charge in [-0.2, -0.15) is 5.10 Å². The van der Waals surface area contributed by atoms with Crippen molar-refractivity contribution >= 4 is 27.3 Å². The molecule has 1 fully saturated rings. The lowest BCUT2D eigenvalue weighted by Crippen LogP contribution is -2.38. The Labute approximate surface area is 180 Å². The Kier molecular flexibility index (Phi) is 6.79. The highest BCUT2D eigenvalue weighted by Crippen LogP contribution is 2.38. The van der Waals surface area contributed by atoms with Gasteiger partial charge in [-0.3, -0.25) is 14.4 Å². The quantitative estimate of drug-likeness (QED) is 0.559. The number of methoxy groups -OCH3 is 1. The van der Waals surface area contributed by atoms with Crippen LogP contribution >= 0.6 is 11.3 Å². The maximum atomic E-state index is 12.9. The monoisotopic (exact) mass is 428 g/mol. The Hall–Kier alpha value is -2.26. The number of nitrogens with zero attached hydrogens (tertiary/aromatic N) is 3. The second kappa shape index (κ2) is 9.70. The van der Waals surface area contributed by atoms with E-state index in [0.717, 1.165) is 46.7 Å². The molecule has 0 spiro atoms. The lowest BCUT2D eigenvalue weighted by Gasteiger charge is -2.33. The van der Waals surface area contributed by atoms with Gasteiger partial charge in [0, 0.05) is 61.9 Å². The third-order valence-corrected chi connectivity index (χ3v) is 6.51. The van der Waals surface area contributed by atoms with Gasteiger partial charge in [-0.05, 0) is 18.4 Å². The van der Waals surface area contributed by atoms with Gasteiger partial charge in [-0.15, -0.1) is 11.3 Å². The molecule has 1 aliphatic rings. The number of benzene rings is 1. The summed E-state index contributed by atoms with van der Waals surface area (Å²) in [6.45, 7) is 7.02. The molecule has 1 saturated heterocycles. The van der Waals surface area contributed by atoms with Gasteiger partial charge in [0.2, 0.25) is 0 Å². The van der Waals surface area contributed by atoms with Gasteiger partial charge in [0.05, 0.1) is 30.4 Å². The van der Waals surface area contributed by atoms with Crippen LogP contribution in [0.25, 0.3) is 10.1 Å². The summed E-state index contributed by atoms with van der Waals surface area (Å²) in [6, 6.07) is 8.18. The summed E-state index contributed by atoms with van der Waals surface area (Å²) >= 11 is 1.53. The fraction of sp³-hybridized carbons (Fsp3) is 0.455. The van der Waals surface area contributed by atoms with Crippen LogP contribution in [0.15, 0.2) is 36.7 Å². The molecule has 0 bridgehead atoms. The van der Waals surface area contributed by atoms with Crippen LogP contribution < -0.4 is 5.32 Å². The molecule has 1 aromatic carbocycles. The molecule has 0 radical (unpaired) electrons. The standard InChI is InChI=1S/C22H28N4O3S/c1-3-26-14-16(12-24-26)13-25-9-11-29-18(15-25)20-17-6-4-5-7-19(17)30-21(20)22(27)23-8-10-28-2/h4-7,12,14,18H,3,8-11,13,15H2,1-2H3,(H,23,27). The number of nitrogens with one attached hydrogen (secondary N) is 1. The fourth-order valence-electron chi connectivity index (χ4n) is 3.84. The van der Waals surface area contributed by atoms with Gasteiger partial charge < -0.3 is 14.8 Å². The minimum atomic E-state index is -0.140. The minimum absolute atomic E-state index is 0.0619. The van der Waals surface area contributed by atoms with E-state index in [1.165, 1.54) is 16.9 Å². The maximum Gasteiger partial charge on any atom is 0.261 e. The van der Waals surface area contributed by atoms with Crippen LogP contribution in [-0.4, -0.2) is 60.5 Å². The zero-order chi connectivity index (χ0) is 20.9. The molecule has 1 amide bonds. The Morgan fingerprint density at radius 3 is 3.07 bits per heavy atom. The van der Waals surface area contributed by atoms with Crippen molar-refractivity contribution in [3.05, 3.63) is 52.7 Å². The number of rotatable bonds is 8. The van der Waals surface area contributed by atoms with E-state index in [0.29, 0.717) is 19.8 Å². The van der Waals surface area contributed by atoms with Crippen molar-refractivity contribution in [1.29, 1.82) is 0 Å². The largest absolute Gasteiger partial charge is 0.383 e. The van der Waals surface area contributed by atoms with E-state index in [9.17, 15) is 4.79 Å². The van der Waals surface area contributed by atoms with Crippen molar-refractivity contribution in [2.75, 3.05) is 40.0 Å². The highest BCUT2D eigenvalue weighted by atomic mass is 32.1. The molecular formula is C22H28N4O3S. The lowest BCUT2D eigenvalue weighted by molar-refractivity contribution is -0.0323. The summed E-state index contributed by atoms with van der Waals surface area (Å²) in [4.78, 5) is 16.0. The van der Waals surface area contributed by atoms with E-state index in [4.69, 9.17) is 9.47 Å². The highest BCUT2D eigenvalue weighted by molar-refractivity contribution is 7.21. The first-order valence-electron chi connectivity index (χ1n) is 10.3. The first kappa shape index (κ1) is 21.0. The zero-order valence-corrected chi connectivity index (χ0v) is 18.3. The molecule has 1 aliphatic heterocycles. The van der Waals surface area contributed by atoms with Crippen LogP contribution in [0.4, 0.5) is 0 Å². The first-order chi connectivity index (χ1) is 14.7. The van der Waals surface area contributed by atoms with Crippen LogP contribution in [-0.2, 0) is 22.6 Å². The molecule has 3 aromatic rings. The van der Waals surface area contributed by atoms with E-state index in [1.54, 1.807) is 7.11 Å². The third-order valence-electron chi connectivity index (χ3n) is 5.32. The first-order valence-corrected chi connectivity index (χ1v) is 11.1. The van der Waals surface area contributed by atoms with Crippen molar-refractivity contribution < 1.29 is 14.3 Å². The number of aromatic nitrogens is 2. The van der Waals surface area contributed by atoms with Gasteiger partial charge in [0.1, 0.15) is 0 Å². The molecule has 160 valence electrons. The normalized spacial score (nSPS) is 17.5. The molecule has 1 atom stereocenters. The average molecular weight is 429 g/mol. The van der Waals surface area contributed by atoms with Gasteiger partial charge in [0.25, 0.3) is 5.91 Å². The molecular weight excluding hydrogens is 400 g/mol. The minimum Gasteiger partial charge on any atom is -0.383 e. The van der Waals surface area contributed by atoms with Gasteiger partial charge in [0.15, 0.2) is 0 Å². The number of ether oxygens (including phenoxy) is 2. The van der Waals surface area contributed by atoms with Gasteiger partial charge >= 0.3 is 0 Å². The van der Waals surface area contributed by atoms with E-state index in [1.807, 2.05) is 23.0 Å². The smallest absolute Gasteiger partial charge is 0.261 e. The number of hydrogen-bond donors (Lipinski definition) is 1. The van der Waals surface area contributed by atoms with Crippen LogP contribution in [0.1, 0.15) is 33.8 Å². The van der Waals surface area contributed by atoms with Crippen molar-refractivity contribution in [2.45, 2.75) is 26.1 Å². The molecule has 0 aliphatic carbocycles. The summed E-state index contributed by atoms with van der Waals surface area (Å²) in [7, 11) is 1.63. The van der Waals surface area contributed by atoms with Crippen LogP contribution in [0.3, 0.4) is 0 Å². The average Bonchev–Trinajstić information content (AvgIpc) is 3.38. The molecule has 2 aromatic heterocycles. The Bertz CT molecular complexity index is 999. The maximum absolute atomic E-state index is 12.9. The molecule has 1 N–H and O–H groups in total. The Balaban J connectivity index is 1.57. The number of hydrogen-bond acceptors (Lipinski definition) is 6. The number of thiophene rings is 1. The van der Waals surface area contributed by atoms with Crippen molar-refractivity contribution in [2.24, 2.45) is 0 Å². The van der Waals surface area contributed by atoms with Gasteiger partial charge in [-0.1, -0.05) is 18.2 Å². The van der Waals surface area contributed by atoms with Crippen molar-refractivity contribution in [3.8, 4) is 0 Å². The number of fused-ring (bicyclic) bond motifs is 1. The molecule has 8 heteroatoms. The SMILES string of the molecule is CCn1cc(CN2CCOC(c3c(C(=O)NCCOC)sc4ccccc34)C2)cn1. The molecule has 4 rings (SSSR count). The number of carbonyl (C=O) groups is 1. The third kappa shape index (κ3) is 4.57. The van der Waals surface area contributed by atoms with Crippen LogP contribution in [0, 0.1) is 0 Å². The number of carbonyl (C=O) groups excluding carboxylic acids is 1. The topological polar surface area (TPSA) is 68.6 Å². The van der Waals surface area contributed by atoms with Crippen molar-refractivity contribution in [3.63, 3.8) is 0 Å². The second-order valence-electron chi connectivity index (χ2n) is 7.39. The number of morpholine rings is 1. The summed E-state index contributed by atoms with van der Waals surface area (Å²) in [6.07, 6.45) is 3.89. The van der Waals surface area contributed by atoms with E-state index in [2.05, 4.69) is 40.6 Å². The number of amides is 1. The van der Waals surface area contributed by atoms with Crippen LogP contribution in [0.5, 0.6) is 0 Å². The van der Waals surface area contributed by atoms with Crippen LogP contribution in [0.2, 0.25) is 0 Å². The van der Waals surface area contributed by atoms with Gasteiger partial charge in [-0.25, -0.2) is 0 Å². The summed E-state index contributed by atoms with van der Waals surface area (Å²) in [5.41, 5.74) is 2.20. The Morgan fingerprint density at radius 2 is 2.27 bits per heavy atom.